The molecule has 3 rings (SSSR count). The van der Waals surface area contributed by atoms with Crippen molar-refractivity contribution in [1.29, 1.82) is 0 Å². The summed E-state index contributed by atoms with van der Waals surface area (Å²) in [6.07, 6.45) is 1.01. The quantitative estimate of drug-likeness (QED) is 0.714. The second-order valence-electron chi connectivity index (χ2n) is 5.43. The minimum atomic E-state index is -3.61. The van der Waals surface area contributed by atoms with Gasteiger partial charge in [-0.1, -0.05) is 0 Å². The van der Waals surface area contributed by atoms with Crippen LogP contribution in [0.2, 0.25) is 0 Å². The van der Waals surface area contributed by atoms with Gasteiger partial charge in [0.05, 0.1) is 18.1 Å². The third kappa shape index (κ3) is 3.52. The lowest BCUT2D eigenvalue weighted by atomic mass is 10.1. The van der Waals surface area contributed by atoms with E-state index in [9.17, 15) is 8.42 Å². The fourth-order valence-electron chi connectivity index (χ4n) is 2.81. The zero-order chi connectivity index (χ0) is 16.5. The van der Waals surface area contributed by atoms with Gasteiger partial charge in [-0.25, -0.2) is 8.42 Å². The van der Waals surface area contributed by atoms with Crippen LogP contribution in [-0.4, -0.2) is 62.2 Å². The number of ether oxygens (including phenoxy) is 2. The van der Waals surface area contributed by atoms with Gasteiger partial charge in [0.15, 0.2) is 5.79 Å². The van der Waals surface area contributed by atoms with Crippen molar-refractivity contribution in [2.24, 2.45) is 0 Å². The van der Waals surface area contributed by atoms with Gasteiger partial charge < -0.3 is 24.2 Å². The zero-order valence-electron chi connectivity index (χ0n) is 12.4. The summed E-state index contributed by atoms with van der Waals surface area (Å²) in [4.78, 5) is 0.126. The second kappa shape index (κ2) is 6.38. The Hall–Kier alpha value is -1.17. The molecule has 2 heterocycles. The first-order valence-electron chi connectivity index (χ1n) is 7.32. The maximum absolute atomic E-state index is 12.6. The predicted molar refractivity (Wildman–Crippen MR) is 79.9 cm³/mol. The Kier molecular flexibility index (Phi) is 4.63. The molecule has 0 aromatic heterocycles. The van der Waals surface area contributed by atoms with Crippen molar-refractivity contribution in [2.45, 2.75) is 23.5 Å². The second-order valence-corrected chi connectivity index (χ2v) is 7.37. The molecule has 0 radical (unpaired) electrons. The van der Waals surface area contributed by atoms with E-state index in [4.69, 9.17) is 19.5 Å². The molecule has 2 saturated heterocycles. The topological polar surface area (TPSA) is 106 Å². The molecule has 2 aliphatic heterocycles. The van der Waals surface area contributed by atoms with Gasteiger partial charge in [0.1, 0.15) is 5.75 Å². The van der Waals surface area contributed by atoms with Gasteiger partial charge in [0.25, 0.3) is 0 Å². The molecule has 0 amide bonds. The van der Waals surface area contributed by atoms with Crippen LogP contribution < -0.4 is 4.65 Å². The lowest BCUT2D eigenvalue weighted by Gasteiger charge is -2.36. The summed E-state index contributed by atoms with van der Waals surface area (Å²) in [6.45, 7) is 1.75. The van der Waals surface area contributed by atoms with Gasteiger partial charge in [-0.15, -0.1) is 0 Å². The van der Waals surface area contributed by atoms with Crippen LogP contribution in [0.4, 0.5) is 0 Å². The number of benzene rings is 1. The molecule has 0 unspecified atom stereocenters. The molecule has 0 aliphatic carbocycles. The molecule has 0 saturated carbocycles. The summed E-state index contributed by atoms with van der Waals surface area (Å²) in [6, 6.07) is 5.50. The molecule has 0 atom stereocenters. The van der Waals surface area contributed by atoms with Crippen LogP contribution in [0.1, 0.15) is 12.8 Å². The summed E-state index contributed by atoms with van der Waals surface area (Å²) in [7, 11) is -5.55. The molecule has 1 aromatic carbocycles. The number of piperidine rings is 1. The minimum absolute atomic E-state index is 0.126. The van der Waals surface area contributed by atoms with Gasteiger partial charge in [-0.3, -0.25) is 0 Å². The lowest BCUT2D eigenvalue weighted by molar-refractivity contribution is -0.179. The lowest BCUT2D eigenvalue weighted by Crippen LogP contribution is -2.47. The Bertz CT molecular complexity index is 633. The van der Waals surface area contributed by atoms with E-state index in [1.807, 2.05) is 0 Å². The third-order valence-electron chi connectivity index (χ3n) is 4.00. The van der Waals surface area contributed by atoms with Crippen LogP contribution in [-0.2, 0) is 19.5 Å². The average Bonchev–Trinajstić information content (AvgIpc) is 2.96. The largest absolute Gasteiger partial charge is 0.707 e. The van der Waals surface area contributed by atoms with Crippen molar-refractivity contribution in [2.75, 3.05) is 26.3 Å². The first kappa shape index (κ1) is 16.7. The minimum Gasteiger partial charge on any atom is -0.512 e. The van der Waals surface area contributed by atoms with Crippen molar-refractivity contribution in [1.82, 2.24) is 4.31 Å². The highest BCUT2D eigenvalue weighted by Crippen LogP contribution is 2.33. The smallest absolute Gasteiger partial charge is 0.512 e. The van der Waals surface area contributed by atoms with E-state index in [2.05, 4.69) is 4.65 Å². The molecule has 0 bridgehead atoms. The number of nitrogens with zero attached hydrogens (tertiary/aromatic N) is 1. The molecular formula is C13H18BNO7S. The van der Waals surface area contributed by atoms with Gasteiger partial charge in [-0.2, -0.15) is 4.31 Å². The SMILES string of the molecule is O=S(=O)(c1ccc(OB(O)O)cc1)N1CCC2(CC1)OCCO2. The van der Waals surface area contributed by atoms with Crippen LogP contribution in [0.25, 0.3) is 0 Å². The van der Waals surface area contributed by atoms with E-state index < -0.39 is 23.1 Å². The predicted octanol–water partition coefficient (Wildman–Crippen LogP) is -0.438. The maximum atomic E-state index is 12.6. The van der Waals surface area contributed by atoms with Crippen LogP contribution in [0.15, 0.2) is 29.2 Å². The molecule has 2 N–H and O–H groups in total. The van der Waals surface area contributed by atoms with E-state index in [1.54, 1.807) is 0 Å². The van der Waals surface area contributed by atoms with Crippen LogP contribution in [0.5, 0.6) is 5.75 Å². The number of rotatable bonds is 4. The first-order chi connectivity index (χ1) is 10.9. The summed E-state index contributed by atoms with van der Waals surface area (Å²) in [5.74, 6) is -0.453. The van der Waals surface area contributed by atoms with Gasteiger partial charge in [0, 0.05) is 25.9 Å². The van der Waals surface area contributed by atoms with Crippen LogP contribution in [0, 0.1) is 0 Å². The normalized spacial score (nSPS) is 21.5. The Labute approximate surface area is 134 Å². The van der Waals surface area contributed by atoms with Gasteiger partial charge in [0.2, 0.25) is 10.0 Å². The fraction of sp³-hybridized carbons (Fsp3) is 0.538. The Balaban J connectivity index is 1.69. The Morgan fingerprint density at radius 1 is 1.09 bits per heavy atom. The summed E-state index contributed by atoms with van der Waals surface area (Å²) in [5, 5.41) is 17.4. The Morgan fingerprint density at radius 2 is 1.65 bits per heavy atom. The van der Waals surface area contributed by atoms with Gasteiger partial charge in [-0.05, 0) is 24.3 Å². The van der Waals surface area contributed by atoms with E-state index in [0.29, 0.717) is 39.1 Å². The highest BCUT2D eigenvalue weighted by Gasteiger charge is 2.42. The maximum Gasteiger partial charge on any atom is 0.707 e. The highest BCUT2D eigenvalue weighted by molar-refractivity contribution is 7.89. The molecule has 1 aromatic rings. The van der Waals surface area contributed by atoms with Crippen molar-refractivity contribution >= 4 is 17.3 Å². The molecule has 2 aliphatic rings. The monoisotopic (exact) mass is 343 g/mol. The molecule has 8 nitrogen and oxygen atoms in total. The van der Waals surface area contributed by atoms with E-state index in [0.717, 1.165) is 0 Å². The van der Waals surface area contributed by atoms with Crippen molar-refractivity contribution < 1.29 is 32.6 Å². The van der Waals surface area contributed by atoms with E-state index in [1.165, 1.54) is 28.6 Å². The van der Waals surface area contributed by atoms with E-state index >= 15 is 0 Å². The van der Waals surface area contributed by atoms with E-state index in [-0.39, 0.29) is 10.6 Å². The first-order valence-corrected chi connectivity index (χ1v) is 8.76. The summed E-state index contributed by atoms with van der Waals surface area (Å²) in [5.41, 5.74) is 0. The molecule has 126 valence electrons. The summed E-state index contributed by atoms with van der Waals surface area (Å²) >= 11 is 0. The standard InChI is InChI=1S/C13H18BNO7S/c16-14(17)22-11-1-3-12(4-2-11)23(18,19)15-7-5-13(6-8-15)20-9-10-21-13/h1-4,16-17H,5-10H2. The highest BCUT2D eigenvalue weighted by atomic mass is 32.2. The van der Waals surface area contributed by atoms with Crippen LogP contribution >= 0.6 is 0 Å². The third-order valence-corrected chi connectivity index (χ3v) is 5.91. The van der Waals surface area contributed by atoms with Crippen LogP contribution in [0.3, 0.4) is 0 Å². The van der Waals surface area contributed by atoms with Gasteiger partial charge >= 0.3 is 7.32 Å². The molecule has 23 heavy (non-hydrogen) atoms. The molecule has 2 fully saturated rings. The molecular weight excluding hydrogens is 325 g/mol. The number of hydrogen-bond acceptors (Lipinski definition) is 7. The number of hydrogen-bond donors (Lipinski definition) is 2. The summed E-state index contributed by atoms with van der Waals surface area (Å²) < 4.78 is 42.5. The zero-order valence-corrected chi connectivity index (χ0v) is 13.2. The van der Waals surface area contributed by atoms with Crippen molar-refractivity contribution in [3.8, 4) is 5.75 Å². The average molecular weight is 343 g/mol. The van der Waals surface area contributed by atoms with Crippen molar-refractivity contribution in [3.05, 3.63) is 24.3 Å². The Morgan fingerprint density at radius 3 is 2.17 bits per heavy atom. The molecule has 1 spiro atoms. The van der Waals surface area contributed by atoms with Crippen molar-refractivity contribution in [3.63, 3.8) is 0 Å². The fourth-order valence-corrected chi connectivity index (χ4v) is 4.26. The number of sulfonamides is 1. The molecule has 10 heteroatoms.